The maximum absolute atomic E-state index is 12.8. The molecule has 0 amide bonds. The zero-order chi connectivity index (χ0) is 15.0. The molecule has 0 bridgehead atoms. The molecule has 0 aromatic carbocycles. The maximum Gasteiger partial charge on any atom is 0.451 e. The first-order valence-electron chi connectivity index (χ1n) is 7.35. The highest BCUT2D eigenvalue weighted by Crippen LogP contribution is 2.30. The Kier molecular flexibility index (Phi) is 3.92. The number of aliphatic hydroxyl groups excluding tert-OH is 1. The minimum absolute atomic E-state index is 0.218. The van der Waals surface area contributed by atoms with E-state index in [2.05, 4.69) is 15.1 Å². The van der Waals surface area contributed by atoms with Gasteiger partial charge in [-0.15, -0.1) is 10.2 Å². The quantitative estimate of drug-likeness (QED) is 0.903. The van der Waals surface area contributed by atoms with Crippen LogP contribution in [0.2, 0.25) is 0 Å². The summed E-state index contributed by atoms with van der Waals surface area (Å²) in [4.78, 5) is 2.07. The molecule has 3 rings (SSSR count). The number of hydrogen-bond donors (Lipinski definition) is 1. The van der Waals surface area contributed by atoms with E-state index in [0.29, 0.717) is 18.9 Å². The zero-order valence-corrected chi connectivity index (χ0v) is 11.7. The molecule has 1 saturated carbocycles. The van der Waals surface area contributed by atoms with Crippen molar-refractivity contribution in [1.29, 1.82) is 0 Å². The normalized spacial score (nSPS) is 27.6. The summed E-state index contributed by atoms with van der Waals surface area (Å²) in [5, 5.41) is 16.9. The Hall–Kier alpha value is -1.15. The van der Waals surface area contributed by atoms with Crippen molar-refractivity contribution in [2.24, 2.45) is 5.92 Å². The average Bonchev–Trinajstić information content (AvgIpc) is 2.84. The predicted molar refractivity (Wildman–Crippen MR) is 68.3 cm³/mol. The molecule has 21 heavy (non-hydrogen) atoms. The first kappa shape index (κ1) is 14.8. The molecule has 0 saturated heterocycles. The molecule has 2 unspecified atom stereocenters. The van der Waals surface area contributed by atoms with Crippen LogP contribution in [0.25, 0.3) is 0 Å². The van der Waals surface area contributed by atoms with E-state index in [1.807, 2.05) is 0 Å². The van der Waals surface area contributed by atoms with Gasteiger partial charge in [0.1, 0.15) is 5.82 Å². The van der Waals surface area contributed by atoms with Gasteiger partial charge in [0, 0.05) is 19.6 Å². The van der Waals surface area contributed by atoms with Crippen molar-refractivity contribution in [3.63, 3.8) is 0 Å². The second kappa shape index (κ2) is 5.57. The van der Waals surface area contributed by atoms with Gasteiger partial charge in [0.15, 0.2) is 0 Å². The van der Waals surface area contributed by atoms with Crippen molar-refractivity contribution in [3.8, 4) is 0 Å². The Balaban J connectivity index is 1.66. The van der Waals surface area contributed by atoms with Crippen LogP contribution in [0.15, 0.2) is 0 Å². The van der Waals surface area contributed by atoms with Crippen LogP contribution in [0.4, 0.5) is 13.2 Å². The number of halogens is 3. The third kappa shape index (κ3) is 3.06. The predicted octanol–water partition coefficient (Wildman–Crippen LogP) is 1.66. The molecule has 1 aromatic heterocycles. The smallest absolute Gasteiger partial charge is 0.393 e. The van der Waals surface area contributed by atoms with Crippen LogP contribution >= 0.6 is 0 Å². The molecule has 1 aliphatic heterocycles. The molecule has 0 radical (unpaired) electrons. The van der Waals surface area contributed by atoms with E-state index < -0.39 is 12.0 Å². The zero-order valence-electron chi connectivity index (χ0n) is 11.7. The van der Waals surface area contributed by atoms with Crippen molar-refractivity contribution in [2.45, 2.75) is 51.1 Å². The van der Waals surface area contributed by atoms with Crippen molar-refractivity contribution in [2.75, 3.05) is 13.1 Å². The number of fused-ring (bicyclic) bond motifs is 1. The number of alkyl halides is 3. The summed E-state index contributed by atoms with van der Waals surface area (Å²) in [5.74, 6) is -0.330. The molecule has 1 aliphatic carbocycles. The van der Waals surface area contributed by atoms with Gasteiger partial charge in [0.25, 0.3) is 0 Å². The van der Waals surface area contributed by atoms with E-state index in [0.717, 1.165) is 36.8 Å². The largest absolute Gasteiger partial charge is 0.451 e. The molecule has 2 aliphatic rings. The summed E-state index contributed by atoms with van der Waals surface area (Å²) in [6.45, 7) is 1.87. The molecule has 118 valence electrons. The van der Waals surface area contributed by atoms with Gasteiger partial charge >= 0.3 is 6.18 Å². The fraction of sp³-hybridized carbons (Fsp3) is 0.846. The number of hydrogen-bond acceptors (Lipinski definition) is 4. The molecule has 0 spiro atoms. The van der Waals surface area contributed by atoms with Crippen LogP contribution in [0.3, 0.4) is 0 Å². The highest BCUT2D eigenvalue weighted by molar-refractivity contribution is 5.02. The summed E-state index contributed by atoms with van der Waals surface area (Å²) in [7, 11) is 0. The summed E-state index contributed by atoms with van der Waals surface area (Å²) in [5.41, 5.74) is 0. The van der Waals surface area contributed by atoms with E-state index >= 15 is 0 Å². The van der Waals surface area contributed by atoms with Crippen LogP contribution in [-0.4, -0.2) is 44.0 Å². The van der Waals surface area contributed by atoms with E-state index in [1.54, 1.807) is 0 Å². The summed E-state index contributed by atoms with van der Waals surface area (Å²) >= 11 is 0. The molecule has 2 heterocycles. The SMILES string of the molecule is OC1CCCCC1CN1CCn2c(nnc2C(F)(F)F)C1. The maximum atomic E-state index is 12.8. The lowest BCUT2D eigenvalue weighted by Crippen LogP contribution is -2.41. The summed E-state index contributed by atoms with van der Waals surface area (Å²) in [6, 6.07) is 0. The van der Waals surface area contributed by atoms with E-state index in [1.165, 1.54) is 0 Å². The van der Waals surface area contributed by atoms with Gasteiger partial charge in [0.2, 0.25) is 5.82 Å². The van der Waals surface area contributed by atoms with E-state index in [4.69, 9.17) is 0 Å². The Morgan fingerprint density at radius 2 is 1.90 bits per heavy atom. The fourth-order valence-electron chi connectivity index (χ4n) is 3.31. The van der Waals surface area contributed by atoms with Crippen LogP contribution in [0, 0.1) is 5.92 Å². The molecule has 5 nitrogen and oxygen atoms in total. The lowest BCUT2D eigenvalue weighted by atomic mass is 9.86. The number of aliphatic hydroxyl groups is 1. The lowest BCUT2D eigenvalue weighted by molar-refractivity contribution is -0.148. The highest BCUT2D eigenvalue weighted by atomic mass is 19.4. The fourth-order valence-corrected chi connectivity index (χ4v) is 3.31. The second-order valence-electron chi connectivity index (χ2n) is 5.94. The van der Waals surface area contributed by atoms with Gasteiger partial charge < -0.3 is 9.67 Å². The Morgan fingerprint density at radius 3 is 2.62 bits per heavy atom. The molecule has 1 aromatic rings. The van der Waals surface area contributed by atoms with Crippen LogP contribution in [0.1, 0.15) is 37.3 Å². The molecule has 2 atom stereocenters. The van der Waals surface area contributed by atoms with Crippen molar-refractivity contribution in [1.82, 2.24) is 19.7 Å². The summed E-state index contributed by atoms with van der Waals surface area (Å²) in [6.07, 6.45) is -0.757. The average molecular weight is 304 g/mol. The number of aromatic nitrogens is 3. The van der Waals surface area contributed by atoms with Crippen LogP contribution in [0.5, 0.6) is 0 Å². The highest BCUT2D eigenvalue weighted by Gasteiger charge is 2.39. The van der Waals surface area contributed by atoms with Gasteiger partial charge in [-0.2, -0.15) is 13.2 Å². The number of rotatable bonds is 2. The lowest BCUT2D eigenvalue weighted by Gasteiger charge is -2.34. The Labute approximate surface area is 120 Å². The number of nitrogens with zero attached hydrogens (tertiary/aromatic N) is 4. The van der Waals surface area contributed by atoms with Gasteiger partial charge in [-0.05, 0) is 18.8 Å². The van der Waals surface area contributed by atoms with Gasteiger partial charge in [-0.25, -0.2) is 0 Å². The Bertz CT molecular complexity index is 502. The van der Waals surface area contributed by atoms with Crippen LogP contribution in [-0.2, 0) is 19.3 Å². The third-order valence-corrected chi connectivity index (χ3v) is 4.45. The first-order valence-corrected chi connectivity index (χ1v) is 7.35. The second-order valence-corrected chi connectivity index (χ2v) is 5.94. The molecule has 8 heteroatoms. The minimum atomic E-state index is -4.45. The van der Waals surface area contributed by atoms with Crippen molar-refractivity contribution < 1.29 is 18.3 Å². The molecule has 1 fully saturated rings. The molecular weight excluding hydrogens is 285 g/mol. The monoisotopic (exact) mass is 304 g/mol. The van der Waals surface area contributed by atoms with Gasteiger partial charge in [0.05, 0.1) is 12.6 Å². The topological polar surface area (TPSA) is 54.2 Å². The third-order valence-electron chi connectivity index (χ3n) is 4.45. The standard InChI is InChI=1S/C13H19F3N4O/c14-13(15,16)12-18-17-11-8-19(5-6-20(11)12)7-9-3-1-2-4-10(9)21/h9-10,21H,1-8H2. The molecule has 1 N–H and O–H groups in total. The van der Waals surface area contributed by atoms with Crippen molar-refractivity contribution >= 4 is 0 Å². The Morgan fingerprint density at radius 1 is 1.14 bits per heavy atom. The van der Waals surface area contributed by atoms with Gasteiger partial charge in [-0.1, -0.05) is 12.8 Å². The van der Waals surface area contributed by atoms with E-state index in [-0.39, 0.29) is 18.6 Å². The molecular formula is C13H19F3N4O. The van der Waals surface area contributed by atoms with Crippen molar-refractivity contribution in [3.05, 3.63) is 11.6 Å². The first-order chi connectivity index (χ1) is 9.95. The van der Waals surface area contributed by atoms with Crippen LogP contribution < -0.4 is 0 Å². The summed E-state index contributed by atoms with van der Waals surface area (Å²) < 4.78 is 39.4. The van der Waals surface area contributed by atoms with Gasteiger partial charge in [-0.3, -0.25) is 4.90 Å². The van der Waals surface area contributed by atoms with E-state index in [9.17, 15) is 18.3 Å². The minimum Gasteiger partial charge on any atom is -0.393 e.